The number of nitrogens with zero attached hydrogens (tertiary/aromatic N) is 3. The normalized spacial score (nSPS) is 11.5. The van der Waals surface area contributed by atoms with Crippen LogP contribution in [0.25, 0.3) is 17.1 Å². The van der Waals surface area contributed by atoms with Gasteiger partial charge in [0, 0.05) is 30.8 Å². The number of carbonyl (C=O) groups is 1. The maximum atomic E-state index is 15.3. The molecule has 0 aliphatic carbocycles. The lowest BCUT2D eigenvalue weighted by atomic mass is 10.1. The smallest absolute Gasteiger partial charge is 0.387 e. The quantitative estimate of drug-likeness (QED) is 0.249. The third kappa shape index (κ3) is 6.97. The minimum atomic E-state index is -3.07. The van der Waals surface area contributed by atoms with Gasteiger partial charge in [-0.05, 0) is 56.7 Å². The lowest BCUT2D eigenvalue weighted by Gasteiger charge is -2.18. The molecule has 0 aliphatic heterocycles. The Labute approximate surface area is 243 Å². The monoisotopic (exact) mass is 604 g/mol. The van der Waals surface area contributed by atoms with Gasteiger partial charge in [-0.1, -0.05) is 0 Å². The van der Waals surface area contributed by atoms with Crippen molar-refractivity contribution >= 4 is 11.6 Å². The van der Waals surface area contributed by atoms with E-state index in [0.717, 1.165) is 33.6 Å². The number of aryl methyl sites for hydroxylation is 1. The van der Waals surface area contributed by atoms with E-state index in [9.17, 15) is 23.5 Å². The predicted octanol–water partition coefficient (Wildman–Crippen LogP) is 4.84. The molecule has 0 spiro atoms. The Morgan fingerprint density at radius 2 is 1.70 bits per heavy atom. The first-order valence-corrected chi connectivity index (χ1v) is 12.7. The first-order chi connectivity index (χ1) is 20.2. The molecule has 0 atom stereocenters. The number of hydrogen-bond acceptors (Lipinski definition) is 7. The van der Waals surface area contributed by atoms with Gasteiger partial charge < -0.3 is 24.6 Å². The molecule has 2 aromatic carbocycles. The Morgan fingerprint density at radius 1 is 1.07 bits per heavy atom. The van der Waals surface area contributed by atoms with E-state index in [-0.39, 0.29) is 41.1 Å². The molecule has 4 aromatic rings. The van der Waals surface area contributed by atoms with Crippen LogP contribution in [0.5, 0.6) is 17.4 Å². The summed E-state index contributed by atoms with van der Waals surface area (Å²) < 4.78 is 72.6. The average molecular weight is 605 g/mol. The van der Waals surface area contributed by atoms with Gasteiger partial charge in [0.05, 0.1) is 18.3 Å². The lowest BCUT2D eigenvalue weighted by Crippen LogP contribution is -2.28. The molecule has 4 rings (SSSR count). The Hall–Kier alpha value is -4.85. The van der Waals surface area contributed by atoms with Crippen molar-refractivity contribution in [3.05, 3.63) is 81.6 Å². The number of alkyl halides is 2. The molecular formula is C29H28F4N4O6. The molecule has 10 nitrogen and oxygen atoms in total. The Morgan fingerprint density at radius 3 is 2.26 bits per heavy atom. The highest BCUT2D eigenvalue weighted by Gasteiger charge is 2.28. The lowest BCUT2D eigenvalue weighted by molar-refractivity contribution is -0.0498. The number of carbonyl (C=O) groups excluding carboxylic acids is 1. The number of ether oxygens (including phenoxy) is 3. The van der Waals surface area contributed by atoms with Gasteiger partial charge in [0.2, 0.25) is 5.88 Å². The standard InChI is InChI=1S/C29H28F4N4O6/c1-15-10-21(34-22(11-15)42-14-29(2,3)40)37-27(39)24(35-26(38)16-6-8-17(9-7-16)43-28(32)33)25(36(37)4)23-19(30)12-18(41-5)13-20(23)31/h6-13,28,40H,14H2,1-5H3,(H,35,38). The zero-order chi connectivity index (χ0) is 31.6. The van der Waals surface area contributed by atoms with Crippen molar-refractivity contribution in [1.82, 2.24) is 14.3 Å². The van der Waals surface area contributed by atoms with E-state index in [2.05, 4.69) is 15.0 Å². The van der Waals surface area contributed by atoms with Crippen molar-refractivity contribution in [3.63, 3.8) is 0 Å². The first-order valence-electron chi connectivity index (χ1n) is 12.7. The molecule has 0 fully saturated rings. The summed E-state index contributed by atoms with van der Waals surface area (Å²) in [5.41, 5.74) is -3.02. The minimum absolute atomic E-state index is 0.0113. The second-order valence-electron chi connectivity index (χ2n) is 10.1. The maximum Gasteiger partial charge on any atom is 0.387 e. The molecule has 0 saturated carbocycles. The molecule has 0 unspecified atom stereocenters. The third-order valence-electron chi connectivity index (χ3n) is 6.06. The number of amides is 1. The summed E-state index contributed by atoms with van der Waals surface area (Å²) in [6, 6.07) is 9.52. The van der Waals surface area contributed by atoms with Crippen LogP contribution in [0, 0.1) is 18.6 Å². The summed E-state index contributed by atoms with van der Waals surface area (Å²) in [6.07, 6.45) is 0. The van der Waals surface area contributed by atoms with Crippen LogP contribution in [-0.2, 0) is 7.05 Å². The zero-order valence-electron chi connectivity index (χ0n) is 23.7. The topological polar surface area (TPSA) is 117 Å². The van der Waals surface area contributed by atoms with Gasteiger partial charge in [0.15, 0.2) is 5.82 Å². The highest BCUT2D eigenvalue weighted by atomic mass is 19.3. The van der Waals surface area contributed by atoms with E-state index in [1.807, 2.05) is 0 Å². The maximum absolute atomic E-state index is 15.3. The molecule has 0 bridgehead atoms. The molecule has 14 heteroatoms. The van der Waals surface area contributed by atoms with Crippen LogP contribution in [0.3, 0.4) is 0 Å². The molecule has 2 heterocycles. The van der Waals surface area contributed by atoms with E-state index in [1.54, 1.807) is 13.0 Å². The largest absolute Gasteiger partial charge is 0.497 e. The van der Waals surface area contributed by atoms with Crippen molar-refractivity contribution in [3.8, 4) is 34.5 Å². The van der Waals surface area contributed by atoms with Crippen molar-refractivity contribution < 1.29 is 41.7 Å². The number of benzene rings is 2. The fourth-order valence-corrected chi connectivity index (χ4v) is 4.18. The highest BCUT2D eigenvalue weighted by molar-refractivity contribution is 6.06. The molecule has 0 radical (unpaired) electrons. The van der Waals surface area contributed by atoms with Crippen LogP contribution in [0.2, 0.25) is 0 Å². The van der Waals surface area contributed by atoms with Crippen LogP contribution in [0.15, 0.2) is 53.3 Å². The van der Waals surface area contributed by atoms with Gasteiger partial charge in [-0.3, -0.25) is 14.3 Å². The van der Waals surface area contributed by atoms with E-state index < -0.39 is 46.6 Å². The number of pyridine rings is 1. The van der Waals surface area contributed by atoms with Gasteiger partial charge in [-0.2, -0.15) is 18.4 Å². The average Bonchev–Trinajstić information content (AvgIpc) is 3.15. The van der Waals surface area contributed by atoms with Crippen LogP contribution in [-0.4, -0.2) is 51.3 Å². The summed E-state index contributed by atoms with van der Waals surface area (Å²) in [4.78, 5) is 31.4. The molecule has 1 amide bonds. The number of nitrogens with one attached hydrogen (secondary N) is 1. The minimum Gasteiger partial charge on any atom is -0.497 e. The summed E-state index contributed by atoms with van der Waals surface area (Å²) in [5.74, 6) is -3.31. The van der Waals surface area contributed by atoms with E-state index >= 15 is 8.78 Å². The van der Waals surface area contributed by atoms with Gasteiger partial charge in [-0.25, -0.2) is 8.78 Å². The van der Waals surface area contributed by atoms with Crippen molar-refractivity contribution in [1.29, 1.82) is 0 Å². The number of hydrogen-bond donors (Lipinski definition) is 2. The Bertz CT molecular complexity index is 1690. The molecular weight excluding hydrogens is 576 g/mol. The summed E-state index contributed by atoms with van der Waals surface area (Å²) in [5, 5.41) is 12.4. The number of anilines is 1. The van der Waals surface area contributed by atoms with Crippen molar-refractivity contribution in [2.45, 2.75) is 33.0 Å². The summed E-state index contributed by atoms with van der Waals surface area (Å²) in [6.45, 7) is 1.56. The van der Waals surface area contributed by atoms with Crippen LogP contribution in [0.1, 0.15) is 29.8 Å². The van der Waals surface area contributed by atoms with E-state index in [1.165, 1.54) is 46.2 Å². The Balaban J connectivity index is 1.87. The molecule has 2 aromatic heterocycles. The SMILES string of the molecule is COc1cc(F)c(-c2c(NC(=O)c3ccc(OC(F)F)cc3)c(=O)n(-c3cc(C)cc(OCC(C)(C)O)n3)n2C)c(F)c1. The van der Waals surface area contributed by atoms with Crippen LogP contribution >= 0.6 is 0 Å². The number of rotatable bonds is 10. The summed E-state index contributed by atoms with van der Waals surface area (Å²) in [7, 11) is 2.57. The van der Waals surface area contributed by atoms with Gasteiger partial charge in [0.25, 0.3) is 11.5 Å². The summed E-state index contributed by atoms with van der Waals surface area (Å²) >= 11 is 0. The Kier molecular flexibility index (Phi) is 8.80. The fraction of sp³-hybridized carbons (Fsp3) is 0.276. The molecule has 0 saturated heterocycles. The number of halogens is 4. The zero-order valence-corrected chi connectivity index (χ0v) is 23.7. The predicted molar refractivity (Wildman–Crippen MR) is 148 cm³/mol. The van der Waals surface area contributed by atoms with Crippen molar-refractivity contribution in [2.75, 3.05) is 19.0 Å². The number of aliphatic hydroxyl groups is 1. The van der Waals surface area contributed by atoms with Gasteiger partial charge >= 0.3 is 6.61 Å². The van der Waals surface area contributed by atoms with E-state index in [4.69, 9.17) is 9.47 Å². The van der Waals surface area contributed by atoms with Crippen LogP contribution < -0.4 is 25.1 Å². The first kappa shape index (κ1) is 31.1. The third-order valence-corrected chi connectivity index (χ3v) is 6.06. The van der Waals surface area contributed by atoms with Gasteiger partial charge in [0.1, 0.15) is 41.1 Å². The highest BCUT2D eigenvalue weighted by Crippen LogP contribution is 2.34. The second-order valence-corrected chi connectivity index (χ2v) is 10.1. The van der Waals surface area contributed by atoms with Crippen molar-refractivity contribution in [2.24, 2.45) is 7.05 Å². The molecule has 43 heavy (non-hydrogen) atoms. The molecule has 228 valence electrons. The molecule has 0 aliphatic rings. The fourth-order valence-electron chi connectivity index (χ4n) is 4.18. The second kappa shape index (κ2) is 12.2. The number of aromatic nitrogens is 3. The van der Waals surface area contributed by atoms with E-state index in [0.29, 0.717) is 5.56 Å². The van der Waals surface area contributed by atoms with Crippen LogP contribution in [0.4, 0.5) is 23.2 Å². The van der Waals surface area contributed by atoms with Gasteiger partial charge in [-0.15, -0.1) is 0 Å². The number of methoxy groups -OCH3 is 1. The molecule has 2 N–H and O–H groups in total.